The molecule has 8 heteroatoms. The number of ether oxygens (including phenoxy) is 1. The Labute approximate surface area is 217 Å². The van der Waals surface area contributed by atoms with Gasteiger partial charge in [0.05, 0.1) is 25.6 Å². The van der Waals surface area contributed by atoms with E-state index in [1.807, 2.05) is 57.2 Å². The lowest BCUT2D eigenvalue weighted by Crippen LogP contribution is -2.50. The summed E-state index contributed by atoms with van der Waals surface area (Å²) < 4.78 is 6.33. The summed E-state index contributed by atoms with van der Waals surface area (Å²) in [6.45, 7) is 6.38. The molecule has 0 bridgehead atoms. The lowest BCUT2D eigenvalue weighted by Gasteiger charge is -2.37. The largest absolute Gasteiger partial charge is 0.472 e. The van der Waals surface area contributed by atoms with Crippen LogP contribution in [0, 0.1) is 12.8 Å². The van der Waals surface area contributed by atoms with Gasteiger partial charge in [-0.3, -0.25) is 14.6 Å². The van der Waals surface area contributed by atoms with E-state index < -0.39 is 6.10 Å². The molecule has 3 heterocycles. The average Bonchev–Trinajstić information content (AvgIpc) is 2.91. The van der Waals surface area contributed by atoms with Crippen LogP contribution in [0.25, 0.3) is 11.1 Å². The first-order valence-electron chi connectivity index (χ1n) is 12.5. The first-order valence-corrected chi connectivity index (χ1v) is 12.5. The van der Waals surface area contributed by atoms with Gasteiger partial charge in [-0.05, 0) is 37.1 Å². The number of likely N-dealkylation sites (N-methyl/N-ethyl adjacent to an activating group) is 1. The fraction of sp³-hybridized carbons (Fsp3) is 0.379. The van der Waals surface area contributed by atoms with E-state index in [1.165, 1.54) is 0 Å². The molecular formula is C29H34N4O4. The molecule has 0 saturated heterocycles. The number of fused-ring (bicyclic) bond motifs is 1. The third kappa shape index (κ3) is 6.14. The van der Waals surface area contributed by atoms with Crippen molar-refractivity contribution in [2.24, 2.45) is 5.92 Å². The van der Waals surface area contributed by atoms with Crippen LogP contribution in [0.4, 0.5) is 0 Å². The molecule has 1 aromatic carbocycles. The Morgan fingerprint density at radius 1 is 1.22 bits per heavy atom. The maximum atomic E-state index is 13.6. The SMILES string of the molecule is Cc1ccc(-c2cnc3c(c2)C(=O)N([C@@H](C)CO)C[C@H](C)[C@H](CN(C)C(=O)Cc2cccnc2)O3)cc1. The Morgan fingerprint density at radius 3 is 2.65 bits per heavy atom. The van der Waals surface area contributed by atoms with Crippen molar-refractivity contribution < 1.29 is 19.4 Å². The molecule has 0 saturated carbocycles. The van der Waals surface area contributed by atoms with Gasteiger partial charge < -0.3 is 19.6 Å². The van der Waals surface area contributed by atoms with Gasteiger partial charge >= 0.3 is 0 Å². The van der Waals surface area contributed by atoms with Crippen LogP contribution in [0.1, 0.15) is 35.3 Å². The summed E-state index contributed by atoms with van der Waals surface area (Å²) in [4.78, 5) is 38.5. The van der Waals surface area contributed by atoms with E-state index in [-0.39, 0.29) is 42.7 Å². The van der Waals surface area contributed by atoms with Gasteiger partial charge in [-0.25, -0.2) is 4.98 Å². The predicted octanol–water partition coefficient (Wildman–Crippen LogP) is 3.37. The topological polar surface area (TPSA) is 95.9 Å². The molecule has 2 aromatic heterocycles. The summed E-state index contributed by atoms with van der Waals surface area (Å²) in [5.74, 6) is -0.159. The second kappa shape index (κ2) is 11.5. The molecule has 4 rings (SSSR count). The van der Waals surface area contributed by atoms with Crippen LogP contribution in [0.3, 0.4) is 0 Å². The van der Waals surface area contributed by atoms with Gasteiger partial charge in [0.1, 0.15) is 11.7 Å². The minimum atomic E-state index is -0.402. The van der Waals surface area contributed by atoms with Crippen molar-refractivity contribution in [1.29, 1.82) is 0 Å². The Kier molecular flexibility index (Phi) is 8.18. The molecule has 1 aliphatic rings. The van der Waals surface area contributed by atoms with Gasteiger partial charge in [0.15, 0.2) is 0 Å². The first-order chi connectivity index (χ1) is 17.8. The van der Waals surface area contributed by atoms with E-state index in [0.717, 1.165) is 22.3 Å². The molecule has 2 amide bonds. The van der Waals surface area contributed by atoms with Crippen molar-refractivity contribution in [2.45, 2.75) is 39.3 Å². The Bertz CT molecular complexity index is 1230. The molecule has 1 aliphatic heterocycles. The maximum Gasteiger partial charge on any atom is 0.259 e. The zero-order chi connectivity index (χ0) is 26.5. The van der Waals surface area contributed by atoms with Crippen LogP contribution in [-0.2, 0) is 11.2 Å². The highest BCUT2D eigenvalue weighted by atomic mass is 16.5. The van der Waals surface area contributed by atoms with Gasteiger partial charge in [-0.2, -0.15) is 0 Å². The Balaban J connectivity index is 1.63. The van der Waals surface area contributed by atoms with Crippen molar-refractivity contribution >= 4 is 11.8 Å². The number of rotatable bonds is 7. The highest BCUT2D eigenvalue weighted by molar-refractivity contribution is 5.98. The number of nitrogens with zero attached hydrogens (tertiary/aromatic N) is 4. The van der Waals surface area contributed by atoms with Crippen molar-refractivity contribution in [2.75, 3.05) is 26.7 Å². The van der Waals surface area contributed by atoms with Crippen LogP contribution in [0.5, 0.6) is 5.88 Å². The standard InChI is InChI=1S/C29H34N4O4/c1-19-7-9-23(10-8-19)24-13-25-28(31-15-24)37-26(20(2)16-33(29(25)36)21(3)18-34)17-32(4)27(35)12-22-6-5-11-30-14-22/h5-11,13-15,20-21,26,34H,12,16-18H2,1-4H3/t20-,21-,26-/m0/s1. The Hall–Kier alpha value is -3.78. The lowest BCUT2D eigenvalue weighted by atomic mass is 9.99. The van der Waals surface area contributed by atoms with Gasteiger partial charge in [0.2, 0.25) is 11.8 Å². The van der Waals surface area contributed by atoms with Crippen LogP contribution in [-0.4, -0.2) is 75.6 Å². The van der Waals surface area contributed by atoms with Crippen LogP contribution in [0.15, 0.2) is 61.1 Å². The summed E-state index contributed by atoms with van der Waals surface area (Å²) >= 11 is 0. The number of aliphatic hydroxyl groups excluding tert-OH is 1. The summed E-state index contributed by atoms with van der Waals surface area (Å²) in [5.41, 5.74) is 4.09. The number of hydrogen-bond donors (Lipinski definition) is 1. The van der Waals surface area contributed by atoms with E-state index in [4.69, 9.17) is 4.74 Å². The number of pyridine rings is 2. The molecule has 0 radical (unpaired) electrons. The fourth-order valence-corrected chi connectivity index (χ4v) is 4.41. The average molecular weight is 503 g/mol. The second-order valence-corrected chi connectivity index (χ2v) is 9.88. The van der Waals surface area contributed by atoms with E-state index in [9.17, 15) is 14.7 Å². The molecular weight excluding hydrogens is 468 g/mol. The third-order valence-electron chi connectivity index (χ3n) is 6.86. The van der Waals surface area contributed by atoms with Gasteiger partial charge in [0, 0.05) is 43.7 Å². The van der Waals surface area contributed by atoms with E-state index >= 15 is 0 Å². The summed E-state index contributed by atoms with van der Waals surface area (Å²) in [5, 5.41) is 9.89. The summed E-state index contributed by atoms with van der Waals surface area (Å²) in [7, 11) is 1.75. The molecule has 3 aromatic rings. The molecule has 0 fully saturated rings. The zero-order valence-electron chi connectivity index (χ0n) is 21.8. The van der Waals surface area contributed by atoms with Gasteiger partial charge in [-0.15, -0.1) is 0 Å². The number of benzene rings is 1. The highest BCUT2D eigenvalue weighted by Gasteiger charge is 2.34. The van der Waals surface area contributed by atoms with Crippen LogP contribution in [0.2, 0.25) is 0 Å². The molecule has 0 unspecified atom stereocenters. The molecule has 194 valence electrons. The smallest absolute Gasteiger partial charge is 0.259 e. The van der Waals surface area contributed by atoms with Gasteiger partial charge in [0.25, 0.3) is 5.91 Å². The zero-order valence-corrected chi connectivity index (χ0v) is 21.8. The van der Waals surface area contributed by atoms with Crippen molar-refractivity contribution in [1.82, 2.24) is 19.8 Å². The van der Waals surface area contributed by atoms with E-state index in [1.54, 1.807) is 41.5 Å². The van der Waals surface area contributed by atoms with Crippen molar-refractivity contribution in [3.05, 3.63) is 77.7 Å². The number of amides is 2. The molecule has 37 heavy (non-hydrogen) atoms. The van der Waals surface area contributed by atoms with Crippen LogP contribution < -0.4 is 4.74 Å². The van der Waals surface area contributed by atoms with E-state index in [2.05, 4.69) is 9.97 Å². The first kappa shape index (κ1) is 26.3. The minimum absolute atomic E-state index is 0.0505. The predicted molar refractivity (Wildman–Crippen MR) is 141 cm³/mol. The van der Waals surface area contributed by atoms with Crippen LogP contribution >= 0.6 is 0 Å². The quantitative estimate of drug-likeness (QED) is 0.532. The Morgan fingerprint density at radius 2 is 1.97 bits per heavy atom. The molecule has 3 atom stereocenters. The lowest BCUT2D eigenvalue weighted by molar-refractivity contribution is -0.130. The fourth-order valence-electron chi connectivity index (χ4n) is 4.41. The second-order valence-electron chi connectivity index (χ2n) is 9.88. The summed E-state index contributed by atoms with van der Waals surface area (Å²) in [6, 6.07) is 13.1. The molecule has 0 spiro atoms. The van der Waals surface area contributed by atoms with Crippen molar-refractivity contribution in [3.63, 3.8) is 0 Å². The normalized spacial score (nSPS) is 18.3. The third-order valence-corrected chi connectivity index (χ3v) is 6.86. The number of hydrogen-bond acceptors (Lipinski definition) is 6. The molecule has 0 aliphatic carbocycles. The number of carbonyl (C=O) groups is 2. The summed E-state index contributed by atoms with van der Waals surface area (Å²) in [6.07, 6.45) is 4.91. The molecule has 8 nitrogen and oxygen atoms in total. The van der Waals surface area contributed by atoms with Crippen molar-refractivity contribution in [3.8, 4) is 17.0 Å². The number of aromatic nitrogens is 2. The highest BCUT2D eigenvalue weighted by Crippen LogP contribution is 2.30. The number of carbonyl (C=O) groups excluding carboxylic acids is 2. The minimum Gasteiger partial charge on any atom is -0.472 e. The van der Waals surface area contributed by atoms with Gasteiger partial charge in [-0.1, -0.05) is 42.8 Å². The maximum absolute atomic E-state index is 13.6. The number of aryl methyl sites for hydroxylation is 1. The number of aliphatic hydroxyl groups is 1. The monoisotopic (exact) mass is 502 g/mol. The molecule has 1 N–H and O–H groups in total. The van der Waals surface area contributed by atoms with E-state index in [0.29, 0.717) is 18.7 Å².